The maximum Gasteiger partial charge on any atom is 0.240 e. The predicted octanol–water partition coefficient (Wildman–Crippen LogP) is 2.17. The maximum absolute atomic E-state index is 12.0. The third-order valence-corrected chi connectivity index (χ3v) is 3.24. The summed E-state index contributed by atoms with van der Waals surface area (Å²) in [5, 5.41) is 12.0. The van der Waals surface area contributed by atoms with Crippen LogP contribution in [0.2, 0.25) is 0 Å². The highest BCUT2D eigenvalue weighted by atomic mass is 16.5. The number of carbonyl (C=O) groups is 1. The molecule has 4 nitrogen and oxygen atoms in total. The van der Waals surface area contributed by atoms with Crippen molar-refractivity contribution in [2.75, 3.05) is 19.8 Å². The zero-order valence-electron chi connectivity index (χ0n) is 11.1. The molecule has 100 valence electrons. The van der Waals surface area contributed by atoms with Crippen LogP contribution in [0.1, 0.15) is 39.0 Å². The molecule has 0 heterocycles. The van der Waals surface area contributed by atoms with Crippen LogP contribution in [-0.2, 0) is 9.53 Å². The van der Waals surface area contributed by atoms with Gasteiger partial charge in [-0.1, -0.05) is 31.4 Å². The summed E-state index contributed by atoms with van der Waals surface area (Å²) in [7, 11) is 0. The molecule has 1 amide bonds. The first-order chi connectivity index (χ1) is 8.60. The van der Waals surface area contributed by atoms with E-state index >= 15 is 0 Å². The quantitative estimate of drug-likeness (QED) is 0.580. The van der Waals surface area contributed by atoms with E-state index in [2.05, 4.69) is 18.0 Å². The molecule has 0 bridgehead atoms. The van der Waals surface area contributed by atoms with Crippen LogP contribution in [0.4, 0.5) is 0 Å². The molecule has 0 aliphatic heterocycles. The van der Waals surface area contributed by atoms with Gasteiger partial charge >= 0.3 is 0 Å². The van der Waals surface area contributed by atoms with E-state index in [0.717, 1.165) is 24.8 Å². The van der Waals surface area contributed by atoms with Gasteiger partial charge in [-0.25, -0.2) is 0 Å². The second kappa shape index (κ2) is 7.17. The molecule has 0 spiro atoms. The van der Waals surface area contributed by atoms with Crippen molar-refractivity contribution < 1.29 is 9.53 Å². The zero-order chi connectivity index (χ0) is 13.4. The second-order valence-electron chi connectivity index (χ2n) is 5.02. The first-order valence-electron chi connectivity index (χ1n) is 6.52. The van der Waals surface area contributed by atoms with Crippen molar-refractivity contribution in [3.05, 3.63) is 12.2 Å². The minimum Gasteiger partial charge on any atom is -0.375 e. The Hall–Kier alpha value is -1.34. The molecule has 0 aromatic rings. The van der Waals surface area contributed by atoms with Crippen LogP contribution in [0, 0.1) is 16.7 Å². The van der Waals surface area contributed by atoms with E-state index in [0.29, 0.717) is 32.6 Å². The van der Waals surface area contributed by atoms with Crippen LogP contribution < -0.4 is 5.32 Å². The number of rotatable bonds is 6. The van der Waals surface area contributed by atoms with E-state index in [4.69, 9.17) is 4.74 Å². The predicted molar refractivity (Wildman–Crippen MR) is 69.8 cm³/mol. The largest absolute Gasteiger partial charge is 0.375 e. The smallest absolute Gasteiger partial charge is 0.240 e. The zero-order valence-corrected chi connectivity index (χ0v) is 11.1. The highest BCUT2D eigenvalue weighted by Crippen LogP contribution is 2.35. The number of amides is 1. The first kappa shape index (κ1) is 14.7. The van der Waals surface area contributed by atoms with E-state index < -0.39 is 5.41 Å². The fourth-order valence-electron chi connectivity index (χ4n) is 2.20. The van der Waals surface area contributed by atoms with Crippen LogP contribution in [0.3, 0.4) is 0 Å². The summed E-state index contributed by atoms with van der Waals surface area (Å²) in [6.07, 6.45) is 4.42. The Morgan fingerprint density at radius 1 is 1.44 bits per heavy atom. The first-order valence-corrected chi connectivity index (χ1v) is 6.52. The highest BCUT2D eigenvalue weighted by molar-refractivity contribution is 5.85. The van der Waals surface area contributed by atoms with Gasteiger partial charge in [0.2, 0.25) is 5.91 Å². The summed E-state index contributed by atoms with van der Waals surface area (Å²) in [6, 6.07) is 2.21. The molecule has 1 rings (SSSR count). The van der Waals surface area contributed by atoms with Crippen molar-refractivity contribution in [2.24, 2.45) is 5.41 Å². The Morgan fingerprint density at radius 3 is 2.67 bits per heavy atom. The van der Waals surface area contributed by atoms with Gasteiger partial charge in [0.15, 0.2) is 0 Å². The summed E-state index contributed by atoms with van der Waals surface area (Å²) < 4.78 is 5.30. The van der Waals surface area contributed by atoms with Gasteiger partial charge in [0.1, 0.15) is 5.41 Å². The van der Waals surface area contributed by atoms with Crippen LogP contribution >= 0.6 is 0 Å². The molecule has 0 unspecified atom stereocenters. The average molecular weight is 250 g/mol. The Labute approximate surface area is 109 Å². The van der Waals surface area contributed by atoms with Gasteiger partial charge in [-0.05, 0) is 19.8 Å². The molecule has 1 saturated carbocycles. The molecule has 1 aliphatic rings. The van der Waals surface area contributed by atoms with Gasteiger partial charge in [-0.2, -0.15) is 5.26 Å². The van der Waals surface area contributed by atoms with Crippen molar-refractivity contribution in [3.63, 3.8) is 0 Å². The van der Waals surface area contributed by atoms with E-state index in [9.17, 15) is 10.1 Å². The lowest BCUT2D eigenvalue weighted by Gasteiger charge is -2.29. The van der Waals surface area contributed by atoms with E-state index in [1.54, 1.807) is 0 Å². The number of hydrogen-bond donors (Lipinski definition) is 1. The fourth-order valence-corrected chi connectivity index (χ4v) is 2.20. The Bertz CT molecular complexity index is 338. The van der Waals surface area contributed by atoms with Gasteiger partial charge in [-0.15, -0.1) is 0 Å². The highest BCUT2D eigenvalue weighted by Gasteiger charge is 2.39. The number of hydrogen-bond acceptors (Lipinski definition) is 3. The summed E-state index contributed by atoms with van der Waals surface area (Å²) in [5.41, 5.74) is 0.161. The Balaban J connectivity index is 2.30. The SMILES string of the molecule is C=C(C)COCCNC(=O)C1(C#N)CCCCC1. The van der Waals surface area contributed by atoms with Gasteiger partial charge in [0, 0.05) is 6.54 Å². The standard InChI is InChI=1S/C14H22N2O2/c1-12(2)10-18-9-8-16-13(17)14(11-15)6-4-3-5-7-14/h1,3-10H2,2H3,(H,16,17). The molecule has 0 saturated heterocycles. The van der Waals surface area contributed by atoms with E-state index in [1.165, 1.54) is 0 Å². The van der Waals surface area contributed by atoms with Crippen molar-refractivity contribution in [2.45, 2.75) is 39.0 Å². The fraction of sp³-hybridized carbons (Fsp3) is 0.714. The van der Waals surface area contributed by atoms with Gasteiger partial charge in [0.25, 0.3) is 0 Å². The van der Waals surface area contributed by atoms with Crippen molar-refractivity contribution in [3.8, 4) is 6.07 Å². The normalized spacial score (nSPS) is 17.8. The maximum atomic E-state index is 12.0. The topological polar surface area (TPSA) is 62.1 Å². The Morgan fingerprint density at radius 2 is 2.11 bits per heavy atom. The van der Waals surface area contributed by atoms with Crippen molar-refractivity contribution in [1.82, 2.24) is 5.32 Å². The monoisotopic (exact) mass is 250 g/mol. The molecule has 0 aromatic heterocycles. The summed E-state index contributed by atoms with van der Waals surface area (Å²) in [6.45, 7) is 7.05. The van der Waals surface area contributed by atoms with Crippen LogP contribution in [0.25, 0.3) is 0 Å². The number of nitrogens with zero attached hydrogens (tertiary/aromatic N) is 1. The van der Waals surface area contributed by atoms with Crippen LogP contribution in [0.5, 0.6) is 0 Å². The molecule has 18 heavy (non-hydrogen) atoms. The molecule has 1 fully saturated rings. The molecule has 0 atom stereocenters. The second-order valence-corrected chi connectivity index (χ2v) is 5.02. The lowest BCUT2D eigenvalue weighted by atomic mass is 9.74. The van der Waals surface area contributed by atoms with E-state index in [-0.39, 0.29) is 5.91 Å². The number of nitrogens with one attached hydrogen (secondary N) is 1. The average Bonchev–Trinajstić information content (AvgIpc) is 2.38. The number of ether oxygens (including phenoxy) is 1. The molecule has 0 aromatic carbocycles. The van der Waals surface area contributed by atoms with Gasteiger partial charge in [-0.3, -0.25) is 4.79 Å². The lowest BCUT2D eigenvalue weighted by Crippen LogP contribution is -2.42. The minimum atomic E-state index is -0.799. The summed E-state index contributed by atoms with van der Waals surface area (Å²) in [4.78, 5) is 12.0. The number of carbonyl (C=O) groups excluding carboxylic acids is 1. The van der Waals surface area contributed by atoms with E-state index in [1.807, 2.05) is 6.92 Å². The molecule has 4 heteroatoms. The minimum absolute atomic E-state index is 0.136. The molecular weight excluding hydrogens is 228 g/mol. The third kappa shape index (κ3) is 4.15. The Kier molecular flexibility index (Phi) is 5.87. The van der Waals surface area contributed by atoms with Gasteiger partial charge < -0.3 is 10.1 Å². The van der Waals surface area contributed by atoms with Crippen LogP contribution in [-0.4, -0.2) is 25.7 Å². The van der Waals surface area contributed by atoms with Gasteiger partial charge in [0.05, 0.1) is 19.3 Å². The molecule has 1 N–H and O–H groups in total. The summed E-state index contributed by atoms with van der Waals surface area (Å²) >= 11 is 0. The van der Waals surface area contributed by atoms with Crippen molar-refractivity contribution >= 4 is 5.91 Å². The van der Waals surface area contributed by atoms with Crippen molar-refractivity contribution in [1.29, 1.82) is 5.26 Å². The summed E-state index contributed by atoms with van der Waals surface area (Å²) in [5.74, 6) is -0.136. The molecule has 1 aliphatic carbocycles. The molecule has 0 radical (unpaired) electrons. The third-order valence-electron chi connectivity index (χ3n) is 3.24. The van der Waals surface area contributed by atoms with Crippen LogP contribution in [0.15, 0.2) is 12.2 Å². The molecular formula is C14H22N2O2. The lowest BCUT2D eigenvalue weighted by molar-refractivity contribution is -0.129. The number of nitriles is 1.